The number of carbonyl (C=O) groups is 1. The maximum absolute atomic E-state index is 12.8. The van der Waals surface area contributed by atoms with Gasteiger partial charge in [0, 0.05) is 25.6 Å². The number of fused-ring (bicyclic) bond motifs is 2. The third kappa shape index (κ3) is 4.68. The molecule has 0 saturated heterocycles. The molecule has 2 N–H and O–H groups in total. The van der Waals surface area contributed by atoms with E-state index in [0.717, 1.165) is 38.6 Å². The summed E-state index contributed by atoms with van der Waals surface area (Å²) in [6, 6.07) is 3.44. The van der Waals surface area contributed by atoms with Crippen molar-refractivity contribution >= 4 is 29.0 Å². The van der Waals surface area contributed by atoms with E-state index in [2.05, 4.69) is 17.2 Å². The quantitative estimate of drug-likeness (QED) is 0.506. The van der Waals surface area contributed by atoms with Gasteiger partial charge in [-0.2, -0.15) is 0 Å². The van der Waals surface area contributed by atoms with Crippen LogP contribution in [0.4, 0.5) is 0 Å². The number of hydrogen-bond donors (Lipinski definition) is 2. The Labute approximate surface area is 162 Å². The summed E-state index contributed by atoms with van der Waals surface area (Å²) in [4.78, 5) is 27.6. The van der Waals surface area contributed by atoms with Crippen molar-refractivity contribution in [2.45, 2.75) is 52.0 Å². The zero-order chi connectivity index (χ0) is 19.2. The topological polar surface area (TPSA) is 85.4 Å². The van der Waals surface area contributed by atoms with E-state index in [0.29, 0.717) is 40.1 Å². The normalized spacial score (nSPS) is 12.5. The Morgan fingerprint density at radius 1 is 1.22 bits per heavy atom. The lowest BCUT2D eigenvalue weighted by Crippen LogP contribution is -2.24. The molecule has 0 atom stereocenters. The Morgan fingerprint density at radius 3 is 2.78 bits per heavy atom. The monoisotopic (exact) mass is 391 g/mol. The summed E-state index contributed by atoms with van der Waals surface area (Å²) >= 11 is 5.34. The SMILES string of the molecule is CCCCNC(=O)CCCCCn1c(=S)[nH]c2cc3c(cc2c1=O)OCO3. The second kappa shape index (κ2) is 9.03. The number of rotatable bonds is 9. The number of hydrogen-bond acceptors (Lipinski definition) is 5. The number of amides is 1. The Morgan fingerprint density at radius 2 is 2.00 bits per heavy atom. The van der Waals surface area contributed by atoms with Crippen molar-refractivity contribution in [3.8, 4) is 11.5 Å². The first-order chi connectivity index (χ1) is 13.1. The Balaban J connectivity index is 1.57. The zero-order valence-corrected chi connectivity index (χ0v) is 16.3. The molecule has 0 radical (unpaired) electrons. The van der Waals surface area contributed by atoms with Gasteiger partial charge in [-0.15, -0.1) is 0 Å². The van der Waals surface area contributed by atoms with Gasteiger partial charge < -0.3 is 19.8 Å². The van der Waals surface area contributed by atoms with E-state index in [-0.39, 0.29) is 18.3 Å². The van der Waals surface area contributed by atoms with Crippen molar-refractivity contribution in [3.05, 3.63) is 27.3 Å². The van der Waals surface area contributed by atoms with Crippen LogP contribution in [0.3, 0.4) is 0 Å². The van der Waals surface area contributed by atoms with E-state index < -0.39 is 0 Å². The van der Waals surface area contributed by atoms with Gasteiger partial charge in [-0.1, -0.05) is 19.8 Å². The molecule has 1 aliphatic rings. The van der Waals surface area contributed by atoms with E-state index in [1.54, 1.807) is 16.7 Å². The van der Waals surface area contributed by atoms with Crippen LogP contribution < -0.4 is 20.3 Å². The van der Waals surface area contributed by atoms with Crippen LogP contribution in [-0.2, 0) is 11.3 Å². The van der Waals surface area contributed by atoms with Crippen molar-refractivity contribution < 1.29 is 14.3 Å². The number of carbonyl (C=O) groups excluding carboxylic acids is 1. The first kappa shape index (κ1) is 19.4. The van der Waals surface area contributed by atoms with E-state index in [1.807, 2.05) is 0 Å². The predicted octanol–water partition coefficient (Wildman–Crippen LogP) is 3.26. The van der Waals surface area contributed by atoms with Gasteiger partial charge in [-0.05, 0) is 37.5 Å². The van der Waals surface area contributed by atoms with E-state index in [9.17, 15) is 9.59 Å². The van der Waals surface area contributed by atoms with Gasteiger partial charge in [0.2, 0.25) is 12.7 Å². The maximum Gasteiger partial charge on any atom is 0.262 e. The molecular weight excluding hydrogens is 366 g/mol. The lowest BCUT2D eigenvalue weighted by molar-refractivity contribution is -0.121. The molecule has 0 bridgehead atoms. The zero-order valence-electron chi connectivity index (χ0n) is 15.5. The van der Waals surface area contributed by atoms with Gasteiger partial charge >= 0.3 is 0 Å². The van der Waals surface area contributed by atoms with E-state index >= 15 is 0 Å². The molecule has 0 spiro atoms. The molecule has 2 heterocycles. The second-order valence-electron chi connectivity index (χ2n) is 6.65. The van der Waals surface area contributed by atoms with Gasteiger partial charge in [0.15, 0.2) is 16.3 Å². The van der Waals surface area contributed by atoms with Crippen molar-refractivity contribution in [1.29, 1.82) is 0 Å². The van der Waals surface area contributed by atoms with Crippen LogP contribution in [0.1, 0.15) is 45.4 Å². The highest BCUT2D eigenvalue weighted by Crippen LogP contribution is 2.34. The standard InChI is InChI=1S/C19H25N3O4S/c1-2-3-8-20-17(23)7-5-4-6-9-22-18(24)13-10-15-16(26-12-25-15)11-14(13)21-19(22)27/h10-11H,2-9,12H2,1H3,(H,20,23)(H,21,27). The fourth-order valence-electron chi connectivity index (χ4n) is 3.07. The highest BCUT2D eigenvalue weighted by molar-refractivity contribution is 7.71. The molecule has 0 aliphatic carbocycles. The minimum absolute atomic E-state index is 0.0969. The van der Waals surface area contributed by atoms with Crippen LogP contribution in [0.25, 0.3) is 10.9 Å². The largest absolute Gasteiger partial charge is 0.454 e. The number of ether oxygens (including phenoxy) is 2. The van der Waals surface area contributed by atoms with Crippen molar-refractivity contribution in [3.63, 3.8) is 0 Å². The molecule has 8 heteroatoms. The number of benzene rings is 1. The fourth-order valence-corrected chi connectivity index (χ4v) is 3.36. The van der Waals surface area contributed by atoms with Crippen molar-refractivity contribution in [2.24, 2.45) is 0 Å². The summed E-state index contributed by atoms with van der Waals surface area (Å²) in [7, 11) is 0. The molecule has 146 valence electrons. The van der Waals surface area contributed by atoms with Crippen LogP contribution >= 0.6 is 12.2 Å². The summed E-state index contributed by atoms with van der Waals surface area (Å²) in [5.74, 6) is 1.29. The fraction of sp³-hybridized carbons (Fsp3) is 0.526. The van der Waals surface area contributed by atoms with Gasteiger partial charge in [-0.3, -0.25) is 14.2 Å². The number of unbranched alkanes of at least 4 members (excludes halogenated alkanes) is 3. The van der Waals surface area contributed by atoms with Crippen molar-refractivity contribution in [2.75, 3.05) is 13.3 Å². The molecule has 2 aromatic rings. The van der Waals surface area contributed by atoms with Crippen LogP contribution in [-0.4, -0.2) is 28.8 Å². The van der Waals surface area contributed by atoms with Gasteiger partial charge in [-0.25, -0.2) is 0 Å². The number of aromatic amines is 1. The average Bonchev–Trinajstić information content (AvgIpc) is 3.10. The summed E-state index contributed by atoms with van der Waals surface area (Å²) in [6.45, 7) is 3.53. The van der Waals surface area contributed by atoms with Gasteiger partial charge in [0.05, 0.1) is 10.9 Å². The molecule has 7 nitrogen and oxygen atoms in total. The van der Waals surface area contributed by atoms with Crippen LogP contribution in [0.2, 0.25) is 0 Å². The Kier molecular flexibility index (Phi) is 6.49. The smallest absolute Gasteiger partial charge is 0.262 e. The number of nitrogens with zero attached hydrogens (tertiary/aromatic N) is 1. The van der Waals surface area contributed by atoms with Crippen molar-refractivity contribution in [1.82, 2.24) is 14.9 Å². The van der Waals surface area contributed by atoms with E-state index in [4.69, 9.17) is 21.7 Å². The highest BCUT2D eigenvalue weighted by Gasteiger charge is 2.17. The van der Waals surface area contributed by atoms with Gasteiger partial charge in [0.25, 0.3) is 5.56 Å². The molecule has 0 fully saturated rings. The maximum atomic E-state index is 12.8. The number of H-pyrrole nitrogens is 1. The predicted molar refractivity (Wildman–Crippen MR) is 106 cm³/mol. The lowest BCUT2D eigenvalue weighted by Gasteiger charge is -2.09. The molecule has 3 rings (SSSR count). The lowest BCUT2D eigenvalue weighted by atomic mass is 10.2. The number of aromatic nitrogens is 2. The third-order valence-electron chi connectivity index (χ3n) is 4.61. The second-order valence-corrected chi connectivity index (χ2v) is 7.04. The summed E-state index contributed by atoms with van der Waals surface area (Å²) < 4.78 is 12.7. The highest BCUT2D eigenvalue weighted by atomic mass is 32.1. The first-order valence-corrected chi connectivity index (χ1v) is 9.84. The van der Waals surface area contributed by atoms with Crippen LogP contribution in [0, 0.1) is 4.77 Å². The minimum atomic E-state index is -0.135. The molecule has 1 amide bonds. The molecule has 0 unspecified atom stereocenters. The summed E-state index contributed by atoms with van der Waals surface area (Å²) in [5, 5.41) is 3.44. The molecule has 1 aliphatic heterocycles. The first-order valence-electron chi connectivity index (χ1n) is 9.43. The molecule has 1 aromatic heterocycles. The van der Waals surface area contributed by atoms with E-state index in [1.165, 1.54) is 0 Å². The average molecular weight is 391 g/mol. The van der Waals surface area contributed by atoms with Crippen LogP contribution in [0.5, 0.6) is 11.5 Å². The third-order valence-corrected chi connectivity index (χ3v) is 4.94. The molecule has 0 saturated carbocycles. The Hall–Kier alpha value is -2.35. The minimum Gasteiger partial charge on any atom is -0.454 e. The molecular formula is C19H25N3O4S. The number of nitrogens with one attached hydrogen (secondary N) is 2. The van der Waals surface area contributed by atoms with Crippen LogP contribution in [0.15, 0.2) is 16.9 Å². The summed E-state index contributed by atoms with van der Waals surface area (Å²) in [6.07, 6.45) is 5.05. The molecule has 27 heavy (non-hydrogen) atoms. The summed E-state index contributed by atoms with van der Waals surface area (Å²) in [5.41, 5.74) is 0.513. The Bertz CT molecular complexity index is 935. The van der Waals surface area contributed by atoms with Gasteiger partial charge in [0.1, 0.15) is 0 Å². The molecule has 1 aromatic carbocycles.